The first-order valence-corrected chi connectivity index (χ1v) is 18.2. The molecule has 254 valence electrons. The molecule has 0 unspecified atom stereocenters. The highest BCUT2D eigenvalue weighted by Gasteiger charge is 2.14. The summed E-state index contributed by atoms with van der Waals surface area (Å²) in [4.78, 5) is 15.3. The van der Waals surface area contributed by atoms with Gasteiger partial charge in [-0.1, -0.05) is 194 Å². The van der Waals surface area contributed by atoms with Crippen molar-refractivity contribution in [3.63, 3.8) is 0 Å². The van der Waals surface area contributed by atoms with E-state index in [9.17, 15) is 0 Å². The first-order chi connectivity index (χ1) is 26.7. The molecular weight excluding hydrogens is 655 g/mol. The number of aromatic nitrogens is 3. The van der Waals surface area contributed by atoms with Crippen molar-refractivity contribution >= 4 is 0 Å². The van der Waals surface area contributed by atoms with Gasteiger partial charge in [-0.3, -0.25) is 0 Å². The molecule has 0 amide bonds. The molecule has 1 aromatic heterocycles. The molecule has 0 bridgehead atoms. The van der Waals surface area contributed by atoms with E-state index in [0.29, 0.717) is 17.5 Å². The third-order valence-electron chi connectivity index (χ3n) is 9.76. The Hall–Kier alpha value is -7.23. The first kappa shape index (κ1) is 32.7. The second-order valence-corrected chi connectivity index (χ2v) is 13.3. The van der Waals surface area contributed by atoms with Crippen LogP contribution in [-0.4, -0.2) is 15.0 Å². The molecular formula is C51H35N3. The van der Waals surface area contributed by atoms with Gasteiger partial charge in [0.15, 0.2) is 17.5 Å². The average Bonchev–Trinajstić information content (AvgIpc) is 3.27. The number of nitrogens with zero attached hydrogens (tertiary/aromatic N) is 3. The van der Waals surface area contributed by atoms with Crippen molar-refractivity contribution in [3.8, 4) is 89.8 Å². The minimum absolute atomic E-state index is 0.627. The summed E-state index contributed by atoms with van der Waals surface area (Å²) in [5.74, 6) is 1.88. The van der Waals surface area contributed by atoms with Gasteiger partial charge >= 0.3 is 0 Å². The molecule has 0 atom stereocenters. The van der Waals surface area contributed by atoms with Crippen molar-refractivity contribution in [1.82, 2.24) is 15.0 Å². The monoisotopic (exact) mass is 689 g/mol. The lowest BCUT2D eigenvalue weighted by atomic mass is 9.98. The molecule has 3 heteroatoms. The van der Waals surface area contributed by atoms with Gasteiger partial charge in [0.2, 0.25) is 0 Å². The first-order valence-electron chi connectivity index (χ1n) is 18.2. The van der Waals surface area contributed by atoms with E-state index >= 15 is 0 Å². The molecule has 9 aromatic rings. The number of benzene rings is 8. The Balaban J connectivity index is 1.10. The van der Waals surface area contributed by atoms with Gasteiger partial charge in [0.05, 0.1) is 0 Å². The van der Waals surface area contributed by atoms with Gasteiger partial charge in [-0.05, 0) is 73.8 Å². The summed E-state index contributed by atoms with van der Waals surface area (Å²) >= 11 is 0. The van der Waals surface area contributed by atoms with E-state index in [1.165, 1.54) is 22.3 Å². The van der Waals surface area contributed by atoms with Gasteiger partial charge in [0.25, 0.3) is 0 Å². The lowest BCUT2D eigenvalue weighted by Crippen LogP contribution is -2.00. The van der Waals surface area contributed by atoms with Crippen LogP contribution in [0.2, 0.25) is 0 Å². The van der Waals surface area contributed by atoms with Crippen LogP contribution in [-0.2, 0) is 0 Å². The third kappa shape index (κ3) is 6.99. The SMILES string of the molecule is c1ccc(-c2ccc(-c3ccc(-c4nc(-c5cccc(-c6ccccc6)c5)nc(-c5cccc(-c6cccc(-c7ccccc7)c6)c5)n4)cc3)cc2)cc1. The van der Waals surface area contributed by atoms with Crippen LogP contribution >= 0.6 is 0 Å². The Morgan fingerprint density at radius 2 is 0.389 bits per heavy atom. The topological polar surface area (TPSA) is 38.7 Å². The number of hydrogen-bond donors (Lipinski definition) is 0. The lowest BCUT2D eigenvalue weighted by Gasteiger charge is -2.11. The van der Waals surface area contributed by atoms with Crippen molar-refractivity contribution in [2.24, 2.45) is 0 Å². The average molecular weight is 690 g/mol. The Bertz CT molecular complexity index is 2670. The van der Waals surface area contributed by atoms with Crippen LogP contribution in [0.15, 0.2) is 212 Å². The highest BCUT2D eigenvalue weighted by atomic mass is 15.0. The molecule has 0 aliphatic carbocycles. The van der Waals surface area contributed by atoms with Crippen molar-refractivity contribution in [2.75, 3.05) is 0 Å². The zero-order valence-corrected chi connectivity index (χ0v) is 29.5. The smallest absolute Gasteiger partial charge is 0.164 e. The predicted molar refractivity (Wildman–Crippen MR) is 223 cm³/mol. The minimum Gasteiger partial charge on any atom is -0.208 e. The van der Waals surface area contributed by atoms with Gasteiger partial charge < -0.3 is 0 Å². The summed E-state index contributed by atoms with van der Waals surface area (Å²) in [5.41, 5.74) is 14.3. The van der Waals surface area contributed by atoms with E-state index in [1.807, 2.05) is 18.2 Å². The summed E-state index contributed by atoms with van der Waals surface area (Å²) in [5, 5.41) is 0. The highest BCUT2D eigenvalue weighted by Crippen LogP contribution is 2.33. The van der Waals surface area contributed by atoms with E-state index in [2.05, 4.69) is 194 Å². The summed E-state index contributed by atoms with van der Waals surface area (Å²) in [6.45, 7) is 0. The maximum atomic E-state index is 5.11. The predicted octanol–water partition coefficient (Wildman–Crippen LogP) is 13.2. The lowest BCUT2D eigenvalue weighted by molar-refractivity contribution is 1.07. The fourth-order valence-electron chi connectivity index (χ4n) is 6.88. The van der Waals surface area contributed by atoms with Gasteiger partial charge in [0.1, 0.15) is 0 Å². The zero-order valence-electron chi connectivity index (χ0n) is 29.5. The van der Waals surface area contributed by atoms with Crippen LogP contribution in [0.5, 0.6) is 0 Å². The second-order valence-electron chi connectivity index (χ2n) is 13.3. The van der Waals surface area contributed by atoms with Crippen molar-refractivity contribution in [2.45, 2.75) is 0 Å². The molecule has 54 heavy (non-hydrogen) atoms. The molecule has 9 rings (SSSR count). The van der Waals surface area contributed by atoms with E-state index in [4.69, 9.17) is 15.0 Å². The third-order valence-corrected chi connectivity index (χ3v) is 9.76. The molecule has 0 fully saturated rings. The largest absolute Gasteiger partial charge is 0.208 e. The summed E-state index contributed by atoms with van der Waals surface area (Å²) in [6.07, 6.45) is 0. The molecule has 0 radical (unpaired) electrons. The molecule has 1 heterocycles. The molecule has 0 spiro atoms. The van der Waals surface area contributed by atoms with Crippen molar-refractivity contribution in [3.05, 3.63) is 212 Å². The Morgan fingerprint density at radius 1 is 0.167 bits per heavy atom. The van der Waals surface area contributed by atoms with Gasteiger partial charge in [-0.15, -0.1) is 0 Å². The van der Waals surface area contributed by atoms with Crippen LogP contribution in [0.25, 0.3) is 89.8 Å². The zero-order chi connectivity index (χ0) is 36.1. The van der Waals surface area contributed by atoms with E-state index < -0.39 is 0 Å². The quantitative estimate of drug-likeness (QED) is 0.159. The van der Waals surface area contributed by atoms with Gasteiger partial charge in [-0.25, -0.2) is 15.0 Å². The molecule has 8 aromatic carbocycles. The van der Waals surface area contributed by atoms with Gasteiger partial charge in [0, 0.05) is 16.7 Å². The van der Waals surface area contributed by atoms with E-state index in [-0.39, 0.29) is 0 Å². The fourth-order valence-corrected chi connectivity index (χ4v) is 6.88. The van der Waals surface area contributed by atoms with E-state index in [0.717, 1.165) is 50.1 Å². The fraction of sp³-hybridized carbons (Fsp3) is 0. The number of rotatable bonds is 8. The van der Waals surface area contributed by atoms with Crippen LogP contribution in [0.1, 0.15) is 0 Å². The maximum Gasteiger partial charge on any atom is 0.164 e. The second kappa shape index (κ2) is 14.8. The van der Waals surface area contributed by atoms with Crippen LogP contribution in [0, 0.1) is 0 Å². The summed E-state index contributed by atoms with van der Waals surface area (Å²) in [6, 6.07) is 74.1. The van der Waals surface area contributed by atoms with Crippen molar-refractivity contribution in [1.29, 1.82) is 0 Å². The van der Waals surface area contributed by atoms with Crippen molar-refractivity contribution < 1.29 is 0 Å². The molecule has 0 aliphatic heterocycles. The molecule has 0 saturated carbocycles. The summed E-state index contributed by atoms with van der Waals surface area (Å²) < 4.78 is 0. The number of hydrogen-bond acceptors (Lipinski definition) is 3. The van der Waals surface area contributed by atoms with Crippen LogP contribution in [0.4, 0.5) is 0 Å². The van der Waals surface area contributed by atoms with Crippen LogP contribution < -0.4 is 0 Å². The maximum absolute atomic E-state index is 5.11. The van der Waals surface area contributed by atoms with E-state index in [1.54, 1.807) is 0 Å². The molecule has 3 nitrogen and oxygen atoms in total. The molecule has 0 aliphatic rings. The normalized spacial score (nSPS) is 11.0. The molecule has 0 saturated heterocycles. The Morgan fingerprint density at radius 3 is 0.759 bits per heavy atom. The minimum atomic E-state index is 0.627. The van der Waals surface area contributed by atoms with Gasteiger partial charge in [-0.2, -0.15) is 0 Å². The Labute approximate surface area is 316 Å². The standard InChI is InChI=1S/C51H35N3/c1-4-13-36(14-5-1)39-25-27-40(28-26-39)41-29-31-42(32-30-41)49-52-50(47-23-11-20-44(34-47)38-17-8-3-9-18-38)54-51(53-49)48-24-12-22-46(35-48)45-21-10-19-43(33-45)37-15-6-2-7-16-37/h1-35H. The Kier molecular flexibility index (Phi) is 8.94. The highest BCUT2D eigenvalue weighted by molar-refractivity contribution is 5.78. The van der Waals surface area contributed by atoms with Crippen LogP contribution in [0.3, 0.4) is 0 Å². The molecule has 0 N–H and O–H groups in total. The summed E-state index contributed by atoms with van der Waals surface area (Å²) in [7, 11) is 0.